The van der Waals surface area contributed by atoms with E-state index in [0.29, 0.717) is 37.2 Å². The molecule has 25 heavy (non-hydrogen) atoms. The summed E-state index contributed by atoms with van der Waals surface area (Å²) in [6.45, 7) is 1.09. The summed E-state index contributed by atoms with van der Waals surface area (Å²) in [5, 5.41) is 0. The monoisotopic (exact) mass is 333 g/mol. The molecule has 126 valence electrons. The highest BCUT2D eigenvalue weighted by molar-refractivity contribution is 5.94. The third kappa shape index (κ3) is 4.24. The lowest BCUT2D eigenvalue weighted by Crippen LogP contribution is -2.41. The van der Waals surface area contributed by atoms with Crippen LogP contribution in [-0.4, -0.2) is 34.8 Å². The number of rotatable bonds is 2. The van der Waals surface area contributed by atoms with Gasteiger partial charge in [-0.3, -0.25) is 9.59 Å². The van der Waals surface area contributed by atoms with Crippen molar-refractivity contribution in [1.29, 1.82) is 0 Å². The molecule has 1 aliphatic rings. The van der Waals surface area contributed by atoms with E-state index in [1.54, 1.807) is 23.2 Å². The summed E-state index contributed by atoms with van der Waals surface area (Å²) >= 11 is 0. The highest BCUT2D eigenvalue weighted by Gasteiger charge is 2.26. The van der Waals surface area contributed by atoms with Crippen molar-refractivity contribution in [3.8, 4) is 11.8 Å². The minimum absolute atomic E-state index is 0.0713. The van der Waals surface area contributed by atoms with Gasteiger partial charge >= 0.3 is 0 Å². The first-order valence-corrected chi connectivity index (χ1v) is 8.25. The van der Waals surface area contributed by atoms with E-state index in [-0.39, 0.29) is 17.7 Å². The topological polar surface area (TPSA) is 76.3 Å². The van der Waals surface area contributed by atoms with E-state index in [1.165, 1.54) is 0 Å². The summed E-state index contributed by atoms with van der Waals surface area (Å²) in [5.74, 6) is 5.54. The quantitative estimate of drug-likeness (QED) is 0.852. The highest BCUT2D eigenvalue weighted by atomic mass is 16.2. The van der Waals surface area contributed by atoms with Crippen molar-refractivity contribution in [2.45, 2.75) is 12.8 Å². The molecule has 1 aromatic carbocycles. The number of carbonyl (C=O) groups is 2. The van der Waals surface area contributed by atoms with Crippen molar-refractivity contribution >= 4 is 11.8 Å². The SMILES string of the molecule is NC(=O)C1CCN(C(=O)c2ccc(C#Cc3ccccc3)nc2)CC1. The molecule has 0 saturated carbocycles. The first kappa shape index (κ1) is 16.7. The third-order valence-electron chi connectivity index (χ3n) is 4.30. The summed E-state index contributed by atoms with van der Waals surface area (Å²) in [5.41, 5.74) is 7.39. The summed E-state index contributed by atoms with van der Waals surface area (Å²) in [4.78, 5) is 29.7. The number of benzene rings is 1. The largest absolute Gasteiger partial charge is 0.369 e. The zero-order valence-electron chi connectivity index (χ0n) is 13.8. The molecule has 0 aliphatic carbocycles. The molecule has 2 aromatic rings. The summed E-state index contributed by atoms with van der Waals surface area (Å²) < 4.78 is 0. The average Bonchev–Trinajstić information content (AvgIpc) is 2.67. The Labute approximate surface area is 146 Å². The average molecular weight is 333 g/mol. The Hall–Kier alpha value is -3.13. The third-order valence-corrected chi connectivity index (χ3v) is 4.30. The van der Waals surface area contributed by atoms with E-state index < -0.39 is 0 Å². The van der Waals surface area contributed by atoms with E-state index in [1.807, 2.05) is 30.3 Å². The van der Waals surface area contributed by atoms with Gasteiger partial charge in [0.1, 0.15) is 5.69 Å². The summed E-state index contributed by atoms with van der Waals surface area (Å²) in [6.07, 6.45) is 2.79. The van der Waals surface area contributed by atoms with Crippen molar-refractivity contribution in [3.63, 3.8) is 0 Å². The van der Waals surface area contributed by atoms with Gasteiger partial charge in [-0.1, -0.05) is 24.1 Å². The lowest BCUT2D eigenvalue weighted by Gasteiger charge is -2.30. The number of carbonyl (C=O) groups excluding carboxylic acids is 2. The smallest absolute Gasteiger partial charge is 0.255 e. The Kier molecular flexibility index (Phi) is 5.10. The fourth-order valence-corrected chi connectivity index (χ4v) is 2.80. The standard InChI is InChI=1S/C20H19N3O2/c21-19(24)16-10-12-23(13-11-16)20(25)17-7-9-18(22-14-17)8-6-15-4-2-1-3-5-15/h1-5,7,9,14,16H,10-13H2,(H2,21,24). The molecule has 1 saturated heterocycles. The highest BCUT2D eigenvalue weighted by Crippen LogP contribution is 2.18. The summed E-state index contributed by atoms with van der Waals surface area (Å²) in [6, 6.07) is 13.2. The van der Waals surface area contributed by atoms with E-state index in [9.17, 15) is 9.59 Å². The lowest BCUT2D eigenvalue weighted by atomic mass is 9.96. The van der Waals surface area contributed by atoms with Crippen LogP contribution in [0.5, 0.6) is 0 Å². The minimum atomic E-state index is -0.282. The normalized spacial score (nSPS) is 14.5. The molecule has 3 rings (SSSR count). The van der Waals surface area contributed by atoms with Crippen LogP contribution >= 0.6 is 0 Å². The fraction of sp³-hybridized carbons (Fsp3) is 0.250. The molecule has 0 bridgehead atoms. The van der Waals surface area contributed by atoms with Gasteiger partial charge in [0.2, 0.25) is 5.91 Å². The van der Waals surface area contributed by atoms with Crippen LogP contribution in [-0.2, 0) is 4.79 Å². The molecule has 5 nitrogen and oxygen atoms in total. The zero-order chi connectivity index (χ0) is 17.6. The number of amides is 2. The molecule has 1 aliphatic heterocycles. The van der Waals surface area contributed by atoms with Crippen LogP contribution < -0.4 is 5.73 Å². The molecule has 2 N–H and O–H groups in total. The van der Waals surface area contributed by atoms with Crippen LogP contribution in [0.25, 0.3) is 0 Å². The predicted octanol–water partition coefficient (Wildman–Crippen LogP) is 1.82. The lowest BCUT2D eigenvalue weighted by molar-refractivity contribution is -0.123. The van der Waals surface area contributed by atoms with E-state index >= 15 is 0 Å². The zero-order valence-corrected chi connectivity index (χ0v) is 13.8. The van der Waals surface area contributed by atoms with Gasteiger partial charge < -0.3 is 10.6 Å². The molecule has 0 radical (unpaired) electrons. The van der Waals surface area contributed by atoms with Gasteiger partial charge in [-0.15, -0.1) is 0 Å². The predicted molar refractivity (Wildman–Crippen MR) is 94.5 cm³/mol. The molecule has 1 fully saturated rings. The van der Waals surface area contributed by atoms with Gasteiger partial charge in [0, 0.05) is 30.8 Å². The van der Waals surface area contributed by atoms with Crippen molar-refractivity contribution in [1.82, 2.24) is 9.88 Å². The van der Waals surface area contributed by atoms with E-state index in [4.69, 9.17) is 5.73 Å². The number of hydrogen-bond donors (Lipinski definition) is 1. The van der Waals surface area contributed by atoms with Gasteiger partial charge in [-0.05, 0) is 43.0 Å². The van der Waals surface area contributed by atoms with E-state index in [2.05, 4.69) is 16.8 Å². The second-order valence-electron chi connectivity index (χ2n) is 6.02. The first-order chi connectivity index (χ1) is 12.1. The maximum Gasteiger partial charge on any atom is 0.255 e. The van der Waals surface area contributed by atoms with Gasteiger partial charge in [0.15, 0.2) is 0 Å². The number of aromatic nitrogens is 1. The van der Waals surface area contributed by atoms with Gasteiger partial charge in [-0.2, -0.15) is 0 Å². The molecule has 2 amide bonds. The van der Waals surface area contributed by atoms with Crippen LogP contribution in [0.3, 0.4) is 0 Å². The number of likely N-dealkylation sites (tertiary alicyclic amines) is 1. The molecule has 1 aromatic heterocycles. The van der Waals surface area contributed by atoms with Crippen molar-refractivity contribution in [3.05, 3.63) is 65.5 Å². The van der Waals surface area contributed by atoms with Crippen LogP contribution in [0.1, 0.15) is 34.5 Å². The first-order valence-electron chi connectivity index (χ1n) is 8.25. The van der Waals surface area contributed by atoms with Crippen LogP contribution in [0.4, 0.5) is 0 Å². The number of piperidine rings is 1. The Morgan fingerprint density at radius 1 is 1.04 bits per heavy atom. The molecule has 2 heterocycles. The van der Waals surface area contributed by atoms with Crippen molar-refractivity contribution in [2.75, 3.05) is 13.1 Å². The molecular formula is C20H19N3O2. The Balaban J connectivity index is 1.64. The Bertz CT molecular complexity index is 812. The molecular weight excluding hydrogens is 314 g/mol. The maximum absolute atomic E-state index is 12.5. The Morgan fingerprint density at radius 3 is 2.36 bits per heavy atom. The molecule has 0 spiro atoms. The van der Waals surface area contributed by atoms with Gasteiger partial charge in [0.05, 0.1) is 5.56 Å². The second kappa shape index (κ2) is 7.63. The van der Waals surface area contributed by atoms with Crippen molar-refractivity contribution in [2.24, 2.45) is 11.7 Å². The molecule has 0 atom stereocenters. The fourth-order valence-electron chi connectivity index (χ4n) is 2.80. The van der Waals surface area contributed by atoms with Crippen LogP contribution in [0.15, 0.2) is 48.7 Å². The maximum atomic E-state index is 12.5. The molecule has 5 heteroatoms. The number of nitrogens with two attached hydrogens (primary N) is 1. The van der Waals surface area contributed by atoms with Crippen LogP contribution in [0, 0.1) is 17.8 Å². The number of hydrogen-bond acceptors (Lipinski definition) is 3. The van der Waals surface area contributed by atoms with Gasteiger partial charge in [0.25, 0.3) is 5.91 Å². The molecule has 0 unspecified atom stereocenters. The van der Waals surface area contributed by atoms with E-state index in [0.717, 1.165) is 5.56 Å². The second-order valence-corrected chi connectivity index (χ2v) is 6.02. The summed E-state index contributed by atoms with van der Waals surface area (Å²) in [7, 11) is 0. The number of primary amides is 1. The van der Waals surface area contributed by atoms with Crippen LogP contribution in [0.2, 0.25) is 0 Å². The number of pyridine rings is 1. The minimum Gasteiger partial charge on any atom is -0.369 e. The Morgan fingerprint density at radius 2 is 1.76 bits per heavy atom. The van der Waals surface area contributed by atoms with Crippen molar-refractivity contribution < 1.29 is 9.59 Å². The number of nitrogens with zero attached hydrogens (tertiary/aromatic N) is 2. The van der Waals surface area contributed by atoms with Gasteiger partial charge in [-0.25, -0.2) is 4.98 Å².